The molecule has 6 heteroatoms. The van der Waals surface area contributed by atoms with Crippen molar-refractivity contribution in [2.45, 2.75) is 5.88 Å². The van der Waals surface area contributed by atoms with Gasteiger partial charge in [-0.1, -0.05) is 40.9 Å². The van der Waals surface area contributed by atoms with Crippen LogP contribution in [0.4, 0.5) is 0 Å². The highest BCUT2D eigenvalue weighted by molar-refractivity contribution is 6.43. The van der Waals surface area contributed by atoms with Crippen molar-refractivity contribution in [3.05, 3.63) is 51.1 Å². The highest BCUT2D eigenvalue weighted by atomic mass is 35.5. The summed E-state index contributed by atoms with van der Waals surface area (Å²) in [5.41, 5.74) is 0.765. The zero-order valence-corrected chi connectivity index (χ0v) is 12.0. The molecule has 94 valence electrons. The molecule has 0 fully saturated rings. The molecule has 2 nitrogen and oxygen atoms in total. The molecule has 0 amide bonds. The number of pyridine rings is 1. The quantitative estimate of drug-likeness (QED) is 0.544. The van der Waals surface area contributed by atoms with Crippen LogP contribution in [-0.4, -0.2) is 4.98 Å². The summed E-state index contributed by atoms with van der Waals surface area (Å²) in [5.74, 6) is 1.08. The average Bonchev–Trinajstić information content (AvgIpc) is 2.36. The molecule has 0 aliphatic carbocycles. The molecule has 0 bridgehead atoms. The van der Waals surface area contributed by atoms with Gasteiger partial charge in [0.1, 0.15) is 5.75 Å². The second-order valence-corrected chi connectivity index (χ2v) is 4.89. The van der Waals surface area contributed by atoms with Crippen molar-refractivity contribution in [3.8, 4) is 11.6 Å². The van der Waals surface area contributed by atoms with Crippen molar-refractivity contribution in [1.29, 1.82) is 0 Å². The van der Waals surface area contributed by atoms with E-state index in [-0.39, 0.29) is 0 Å². The monoisotopic (exact) mass is 321 g/mol. The van der Waals surface area contributed by atoms with E-state index in [0.717, 1.165) is 5.56 Å². The van der Waals surface area contributed by atoms with Crippen molar-refractivity contribution < 1.29 is 4.74 Å². The second kappa shape index (κ2) is 5.98. The lowest BCUT2D eigenvalue weighted by Gasteiger charge is -2.10. The van der Waals surface area contributed by atoms with E-state index >= 15 is 0 Å². The average molecular weight is 323 g/mol. The molecular weight excluding hydrogens is 316 g/mol. The molecule has 1 aromatic carbocycles. The first kappa shape index (κ1) is 13.8. The van der Waals surface area contributed by atoms with Crippen molar-refractivity contribution in [1.82, 2.24) is 4.98 Å². The molecule has 0 saturated carbocycles. The highest BCUT2D eigenvalue weighted by Crippen LogP contribution is 2.36. The molecule has 1 heterocycles. The molecule has 0 aliphatic heterocycles. The van der Waals surface area contributed by atoms with Gasteiger partial charge in [0.25, 0.3) is 0 Å². The summed E-state index contributed by atoms with van der Waals surface area (Å²) in [7, 11) is 0. The number of ether oxygens (including phenoxy) is 1. The van der Waals surface area contributed by atoms with Gasteiger partial charge in [-0.15, -0.1) is 11.6 Å². The fourth-order valence-corrected chi connectivity index (χ4v) is 2.08. The van der Waals surface area contributed by atoms with Gasteiger partial charge in [0, 0.05) is 17.8 Å². The van der Waals surface area contributed by atoms with Crippen LogP contribution < -0.4 is 4.74 Å². The third-order valence-corrected chi connectivity index (χ3v) is 3.48. The predicted octanol–water partition coefficient (Wildman–Crippen LogP) is 5.57. The fraction of sp³-hybridized carbons (Fsp3) is 0.0833. The molecule has 18 heavy (non-hydrogen) atoms. The first-order valence-corrected chi connectivity index (χ1v) is 6.61. The minimum absolute atomic E-state index is 0.294. The van der Waals surface area contributed by atoms with Gasteiger partial charge >= 0.3 is 0 Å². The Morgan fingerprint density at radius 1 is 1.06 bits per heavy atom. The third kappa shape index (κ3) is 3.01. The molecule has 0 radical (unpaired) electrons. The first-order chi connectivity index (χ1) is 8.61. The first-order valence-electron chi connectivity index (χ1n) is 4.94. The number of hydrogen-bond acceptors (Lipinski definition) is 2. The Kier molecular flexibility index (Phi) is 4.57. The Bertz CT molecular complexity index is 574. The maximum atomic E-state index is 6.02. The third-order valence-electron chi connectivity index (χ3n) is 2.18. The largest absolute Gasteiger partial charge is 0.437 e. The molecule has 2 aromatic rings. The zero-order chi connectivity index (χ0) is 13.1. The van der Waals surface area contributed by atoms with E-state index in [2.05, 4.69) is 4.98 Å². The molecule has 0 aliphatic rings. The number of aromatic nitrogens is 1. The van der Waals surface area contributed by atoms with Gasteiger partial charge in [0.2, 0.25) is 5.88 Å². The zero-order valence-electron chi connectivity index (χ0n) is 8.96. The van der Waals surface area contributed by atoms with E-state index in [1.54, 1.807) is 18.3 Å². The lowest BCUT2D eigenvalue weighted by molar-refractivity contribution is 0.458. The standard InChI is InChI=1S/C12H7Cl4NO/c13-6-7-2-1-3-17-12(7)18-11-5-9(15)8(14)4-10(11)16/h1-5H,6H2. The number of rotatable bonds is 3. The van der Waals surface area contributed by atoms with Gasteiger partial charge in [-0.2, -0.15) is 0 Å². The Hall–Kier alpha value is -0.670. The molecule has 0 spiro atoms. The van der Waals surface area contributed by atoms with Crippen LogP contribution in [0.1, 0.15) is 5.56 Å². The van der Waals surface area contributed by atoms with Crippen LogP contribution in [0.2, 0.25) is 15.1 Å². The van der Waals surface area contributed by atoms with Crippen LogP contribution in [0.5, 0.6) is 11.6 Å². The number of nitrogens with zero attached hydrogens (tertiary/aromatic N) is 1. The van der Waals surface area contributed by atoms with Crippen LogP contribution in [-0.2, 0) is 5.88 Å². The van der Waals surface area contributed by atoms with Gasteiger partial charge in [-0.3, -0.25) is 0 Å². The van der Waals surface area contributed by atoms with Crippen molar-refractivity contribution in [2.24, 2.45) is 0 Å². The maximum Gasteiger partial charge on any atom is 0.223 e. The molecular formula is C12H7Cl4NO. The molecule has 0 atom stereocenters. The van der Waals surface area contributed by atoms with E-state index in [1.807, 2.05) is 6.07 Å². The van der Waals surface area contributed by atoms with Crippen LogP contribution in [0.25, 0.3) is 0 Å². The van der Waals surface area contributed by atoms with Gasteiger partial charge in [-0.05, 0) is 12.1 Å². The molecule has 2 rings (SSSR count). The summed E-state index contributed by atoms with van der Waals surface area (Å²) >= 11 is 23.6. The van der Waals surface area contributed by atoms with Crippen LogP contribution in [0.15, 0.2) is 30.5 Å². The number of hydrogen-bond donors (Lipinski definition) is 0. The van der Waals surface area contributed by atoms with Gasteiger partial charge in [-0.25, -0.2) is 4.98 Å². The summed E-state index contributed by atoms with van der Waals surface area (Å²) in [6.07, 6.45) is 1.61. The van der Waals surface area contributed by atoms with Gasteiger partial charge in [0.05, 0.1) is 20.9 Å². The summed E-state index contributed by atoms with van der Waals surface area (Å²) in [5, 5.41) is 1.09. The van der Waals surface area contributed by atoms with Crippen molar-refractivity contribution >= 4 is 46.4 Å². The molecule has 0 unspecified atom stereocenters. The predicted molar refractivity (Wildman–Crippen MR) is 75.3 cm³/mol. The number of benzene rings is 1. The van der Waals surface area contributed by atoms with Crippen LogP contribution >= 0.6 is 46.4 Å². The van der Waals surface area contributed by atoms with Crippen LogP contribution in [0, 0.1) is 0 Å². The van der Waals surface area contributed by atoms with E-state index in [9.17, 15) is 0 Å². The van der Waals surface area contributed by atoms with Gasteiger partial charge < -0.3 is 4.74 Å². The summed E-state index contributed by atoms with van der Waals surface area (Å²) < 4.78 is 5.60. The minimum Gasteiger partial charge on any atom is -0.437 e. The normalized spacial score (nSPS) is 10.4. The van der Waals surface area contributed by atoms with Crippen LogP contribution in [0.3, 0.4) is 0 Å². The summed E-state index contributed by atoms with van der Waals surface area (Å²) in [6, 6.07) is 6.66. The van der Waals surface area contributed by atoms with E-state index in [1.165, 1.54) is 6.07 Å². The lowest BCUT2D eigenvalue weighted by atomic mass is 10.3. The SMILES string of the molecule is ClCc1cccnc1Oc1cc(Cl)c(Cl)cc1Cl. The van der Waals surface area contributed by atoms with Gasteiger partial charge in [0.15, 0.2) is 0 Å². The molecule has 0 saturated heterocycles. The summed E-state index contributed by atoms with van der Waals surface area (Å²) in [6.45, 7) is 0. The summed E-state index contributed by atoms with van der Waals surface area (Å²) in [4.78, 5) is 4.10. The Labute approximate surface area is 124 Å². The Morgan fingerprint density at radius 2 is 1.78 bits per heavy atom. The molecule has 0 N–H and O–H groups in total. The maximum absolute atomic E-state index is 6.02. The molecule has 1 aromatic heterocycles. The van der Waals surface area contributed by atoms with E-state index in [0.29, 0.717) is 32.6 Å². The Balaban J connectivity index is 2.37. The fourth-order valence-electron chi connectivity index (χ4n) is 1.30. The lowest BCUT2D eigenvalue weighted by Crippen LogP contribution is -1.93. The topological polar surface area (TPSA) is 22.1 Å². The highest BCUT2D eigenvalue weighted by Gasteiger charge is 2.11. The van der Waals surface area contributed by atoms with E-state index < -0.39 is 0 Å². The number of halogens is 4. The van der Waals surface area contributed by atoms with Crippen molar-refractivity contribution in [2.75, 3.05) is 0 Å². The second-order valence-electron chi connectivity index (χ2n) is 3.40. The van der Waals surface area contributed by atoms with Crippen molar-refractivity contribution in [3.63, 3.8) is 0 Å². The smallest absolute Gasteiger partial charge is 0.223 e. The van der Waals surface area contributed by atoms with E-state index in [4.69, 9.17) is 51.1 Å². The Morgan fingerprint density at radius 3 is 2.50 bits per heavy atom. The number of alkyl halides is 1. The minimum atomic E-state index is 0.294.